The third kappa shape index (κ3) is 3.45. The summed E-state index contributed by atoms with van der Waals surface area (Å²) in [5, 5.41) is 0. The molecule has 0 N–H and O–H groups in total. The number of morpholine rings is 1. The Balaban J connectivity index is 2.13. The highest BCUT2D eigenvalue weighted by atomic mass is 35.7. The van der Waals surface area contributed by atoms with Crippen molar-refractivity contribution in [2.45, 2.75) is 18.4 Å². The zero-order chi connectivity index (χ0) is 13.2. The summed E-state index contributed by atoms with van der Waals surface area (Å²) < 4.78 is 27.9. The Kier molecular flexibility index (Phi) is 4.27. The number of rotatable bonds is 3. The first-order valence-electron chi connectivity index (χ1n) is 5.81. The van der Waals surface area contributed by atoms with Crippen LogP contribution in [-0.4, -0.2) is 39.6 Å². The highest BCUT2D eigenvalue weighted by Crippen LogP contribution is 2.21. The quantitative estimate of drug-likeness (QED) is 0.796. The van der Waals surface area contributed by atoms with Gasteiger partial charge in [-0.2, -0.15) is 0 Å². The first-order valence-corrected chi connectivity index (χ1v) is 8.12. The van der Waals surface area contributed by atoms with Crippen molar-refractivity contribution < 1.29 is 13.2 Å². The van der Waals surface area contributed by atoms with Gasteiger partial charge in [-0.05, 0) is 24.1 Å². The molecule has 1 fully saturated rings. The van der Waals surface area contributed by atoms with Gasteiger partial charge in [-0.15, -0.1) is 0 Å². The molecule has 0 aromatic heterocycles. The van der Waals surface area contributed by atoms with Crippen molar-refractivity contribution in [1.82, 2.24) is 4.90 Å². The number of hydrogen-bond donors (Lipinski definition) is 0. The second-order valence-corrected chi connectivity index (χ2v) is 6.96. The summed E-state index contributed by atoms with van der Waals surface area (Å²) in [5.41, 5.74) is 1.79. The molecule has 100 valence electrons. The van der Waals surface area contributed by atoms with Crippen LogP contribution in [0.25, 0.3) is 0 Å². The lowest BCUT2D eigenvalue weighted by atomic mass is 10.1. The maximum Gasteiger partial charge on any atom is 0.261 e. The number of benzene rings is 1. The summed E-state index contributed by atoms with van der Waals surface area (Å²) in [5.74, 6) is 0. The van der Waals surface area contributed by atoms with Crippen molar-refractivity contribution in [1.29, 1.82) is 0 Å². The molecular weight excluding hydrogens is 274 g/mol. The first-order chi connectivity index (χ1) is 8.47. The highest BCUT2D eigenvalue weighted by Gasteiger charge is 2.15. The molecule has 0 bridgehead atoms. The molecule has 1 saturated heterocycles. The van der Waals surface area contributed by atoms with E-state index in [0.29, 0.717) is 5.56 Å². The lowest BCUT2D eigenvalue weighted by Gasteiger charge is -2.26. The van der Waals surface area contributed by atoms with Crippen LogP contribution in [0.15, 0.2) is 23.1 Å². The van der Waals surface area contributed by atoms with E-state index in [4.69, 9.17) is 15.4 Å². The molecule has 0 unspecified atom stereocenters. The van der Waals surface area contributed by atoms with E-state index in [2.05, 4.69) is 4.90 Å². The van der Waals surface area contributed by atoms with Crippen LogP contribution in [0.3, 0.4) is 0 Å². The van der Waals surface area contributed by atoms with E-state index in [9.17, 15) is 8.42 Å². The molecule has 0 aliphatic carbocycles. The van der Waals surface area contributed by atoms with Crippen molar-refractivity contribution in [2.24, 2.45) is 0 Å². The number of halogens is 1. The van der Waals surface area contributed by atoms with E-state index in [1.165, 1.54) is 0 Å². The maximum atomic E-state index is 11.3. The highest BCUT2D eigenvalue weighted by molar-refractivity contribution is 8.13. The summed E-state index contributed by atoms with van der Waals surface area (Å²) in [7, 11) is 1.71. The fraction of sp³-hybridized carbons (Fsp3) is 0.500. The largest absolute Gasteiger partial charge is 0.379 e. The standard InChI is InChI=1S/C12H16ClNO3S/c1-10-8-11(2-3-12(10)18(13,15)16)9-14-4-6-17-7-5-14/h2-3,8H,4-7,9H2,1H3. The lowest BCUT2D eigenvalue weighted by Crippen LogP contribution is -2.35. The summed E-state index contributed by atoms with van der Waals surface area (Å²) in [6.45, 7) is 5.91. The van der Waals surface area contributed by atoms with Gasteiger partial charge in [-0.3, -0.25) is 4.90 Å². The third-order valence-electron chi connectivity index (χ3n) is 3.01. The molecule has 1 aliphatic heterocycles. The molecule has 0 saturated carbocycles. The molecule has 1 aromatic rings. The SMILES string of the molecule is Cc1cc(CN2CCOCC2)ccc1S(=O)(=O)Cl. The summed E-state index contributed by atoms with van der Waals surface area (Å²) in [4.78, 5) is 2.47. The third-order valence-corrected chi connectivity index (χ3v) is 4.49. The van der Waals surface area contributed by atoms with Gasteiger partial charge in [0.2, 0.25) is 0 Å². The van der Waals surface area contributed by atoms with Gasteiger partial charge in [0.05, 0.1) is 18.1 Å². The Hall–Kier alpha value is -0.620. The fourth-order valence-corrected chi connectivity index (χ4v) is 3.29. The van der Waals surface area contributed by atoms with Crippen LogP contribution < -0.4 is 0 Å². The second kappa shape index (κ2) is 5.57. The molecule has 0 atom stereocenters. The van der Waals surface area contributed by atoms with E-state index in [0.717, 1.165) is 38.4 Å². The van der Waals surface area contributed by atoms with Crippen molar-refractivity contribution in [3.05, 3.63) is 29.3 Å². The predicted molar refractivity (Wildman–Crippen MR) is 70.3 cm³/mol. The predicted octanol–water partition coefficient (Wildman–Crippen LogP) is 1.75. The van der Waals surface area contributed by atoms with Crippen LogP contribution in [0, 0.1) is 6.92 Å². The van der Waals surface area contributed by atoms with Gasteiger partial charge in [0, 0.05) is 30.3 Å². The van der Waals surface area contributed by atoms with Crippen molar-refractivity contribution in [3.8, 4) is 0 Å². The normalized spacial score (nSPS) is 17.9. The van der Waals surface area contributed by atoms with Crippen molar-refractivity contribution in [3.63, 3.8) is 0 Å². The molecule has 0 amide bonds. The summed E-state index contributed by atoms with van der Waals surface area (Å²) in [6.07, 6.45) is 0. The van der Waals surface area contributed by atoms with Gasteiger partial charge in [-0.1, -0.05) is 12.1 Å². The Morgan fingerprint density at radius 3 is 2.56 bits per heavy atom. The second-order valence-electron chi connectivity index (χ2n) is 4.43. The minimum atomic E-state index is -3.64. The van der Waals surface area contributed by atoms with Crippen LogP contribution in [0.2, 0.25) is 0 Å². The van der Waals surface area contributed by atoms with Crippen molar-refractivity contribution in [2.75, 3.05) is 26.3 Å². The molecule has 0 spiro atoms. The average molecular weight is 290 g/mol. The average Bonchev–Trinajstić information content (AvgIpc) is 2.28. The smallest absolute Gasteiger partial charge is 0.261 e. The summed E-state index contributed by atoms with van der Waals surface area (Å²) >= 11 is 0. The number of nitrogens with zero attached hydrogens (tertiary/aromatic N) is 1. The van der Waals surface area contributed by atoms with Gasteiger partial charge in [-0.25, -0.2) is 8.42 Å². The lowest BCUT2D eigenvalue weighted by molar-refractivity contribution is 0.0342. The van der Waals surface area contributed by atoms with E-state index in [-0.39, 0.29) is 4.90 Å². The first kappa shape index (κ1) is 13.8. The van der Waals surface area contributed by atoms with Gasteiger partial charge in [0.25, 0.3) is 9.05 Å². The van der Waals surface area contributed by atoms with E-state index in [1.807, 2.05) is 12.1 Å². The number of aryl methyl sites for hydroxylation is 1. The number of ether oxygens (including phenoxy) is 1. The Morgan fingerprint density at radius 2 is 2.00 bits per heavy atom. The topological polar surface area (TPSA) is 46.6 Å². The van der Waals surface area contributed by atoms with E-state index < -0.39 is 9.05 Å². The molecule has 18 heavy (non-hydrogen) atoms. The zero-order valence-electron chi connectivity index (χ0n) is 10.2. The van der Waals surface area contributed by atoms with Gasteiger partial charge < -0.3 is 4.74 Å². The van der Waals surface area contributed by atoms with Gasteiger partial charge in [0.1, 0.15) is 0 Å². The molecule has 0 radical (unpaired) electrons. The van der Waals surface area contributed by atoms with E-state index >= 15 is 0 Å². The Labute approximate surface area is 112 Å². The van der Waals surface area contributed by atoms with Crippen molar-refractivity contribution >= 4 is 19.7 Å². The molecule has 6 heteroatoms. The monoisotopic (exact) mass is 289 g/mol. The molecule has 1 aromatic carbocycles. The zero-order valence-corrected chi connectivity index (χ0v) is 11.8. The molecular formula is C12H16ClNO3S. The number of hydrogen-bond acceptors (Lipinski definition) is 4. The molecule has 1 aliphatic rings. The Morgan fingerprint density at radius 1 is 1.33 bits per heavy atom. The Bertz CT molecular complexity index is 524. The summed E-state index contributed by atoms with van der Waals surface area (Å²) in [6, 6.07) is 5.27. The van der Waals surface area contributed by atoms with Crippen LogP contribution in [-0.2, 0) is 20.3 Å². The van der Waals surface area contributed by atoms with Crippen LogP contribution in [0.1, 0.15) is 11.1 Å². The molecule has 1 heterocycles. The van der Waals surface area contributed by atoms with Gasteiger partial charge in [0.15, 0.2) is 0 Å². The van der Waals surface area contributed by atoms with Crippen LogP contribution in [0.5, 0.6) is 0 Å². The van der Waals surface area contributed by atoms with Gasteiger partial charge >= 0.3 is 0 Å². The molecule has 4 nitrogen and oxygen atoms in total. The van der Waals surface area contributed by atoms with E-state index in [1.54, 1.807) is 13.0 Å². The fourth-order valence-electron chi connectivity index (χ4n) is 2.10. The minimum Gasteiger partial charge on any atom is -0.379 e. The maximum absolute atomic E-state index is 11.3. The van der Waals surface area contributed by atoms with Crippen LogP contribution in [0.4, 0.5) is 0 Å². The minimum absolute atomic E-state index is 0.190. The van der Waals surface area contributed by atoms with Crippen LogP contribution >= 0.6 is 10.7 Å². The molecule has 2 rings (SSSR count).